The first-order valence-corrected chi connectivity index (χ1v) is 6.13. The molecule has 0 spiro atoms. The van der Waals surface area contributed by atoms with Crippen molar-refractivity contribution in [2.24, 2.45) is 0 Å². The van der Waals surface area contributed by atoms with E-state index in [4.69, 9.17) is 0 Å². The first kappa shape index (κ1) is 11.5. The van der Waals surface area contributed by atoms with Crippen LogP contribution in [-0.2, 0) is 0 Å². The van der Waals surface area contributed by atoms with Gasteiger partial charge in [0.25, 0.3) is 0 Å². The van der Waals surface area contributed by atoms with Crippen molar-refractivity contribution in [1.29, 1.82) is 0 Å². The fraction of sp³-hybridized carbons (Fsp3) is 0.0625. The molecule has 0 radical (unpaired) electrons. The minimum atomic E-state index is 0.796. The number of nitrogens with zero attached hydrogens (tertiary/aromatic N) is 3. The number of hydrogen-bond donors (Lipinski definition) is 0. The summed E-state index contributed by atoms with van der Waals surface area (Å²) in [4.78, 5) is 13.0. The summed E-state index contributed by atoms with van der Waals surface area (Å²) in [6.07, 6.45) is 5.37. The summed E-state index contributed by atoms with van der Waals surface area (Å²) in [6.45, 7) is 1.92. The lowest BCUT2D eigenvalue weighted by Gasteiger charge is -2.03. The topological polar surface area (TPSA) is 38.7 Å². The first-order chi connectivity index (χ1) is 9.33. The molecule has 0 N–H and O–H groups in total. The van der Waals surface area contributed by atoms with Gasteiger partial charge in [-0.05, 0) is 18.6 Å². The van der Waals surface area contributed by atoms with Crippen molar-refractivity contribution in [3.8, 4) is 22.5 Å². The fourth-order valence-electron chi connectivity index (χ4n) is 1.87. The van der Waals surface area contributed by atoms with Crippen molar-refractivity contribution in [2.45, 2.75) is 6.92 Å². The van der Waals surface area contributed by atoms with Crippen molar-refractivity contribution >= 4 is 0 Å². The van der Waals surface area contributed by atoms with Crippen LogP contribution < -0.4 is 0 Å². The quantitative estimate of drug-likeness (QED) is 0.695. The molecular weight excluding hydrogens is 234 g/mol. The van der Waals surface area contributed by atoms with Gasteiger partial charge in [0.2, 0.25) is 0 Å². The van der Waals surface area contributed by atoms with Crippen LogP contribution in [0.1, 0.15) is 5.69 Å². The molecule has 0 fully saturated rings. The highest BCUT2D eigenvalue weighted by Crippen LogP contribution is 2.20. The molecule has 0 saturated carbocycles. The molecule has 0 amide bonds. The Hall–Kier alpha value is -2.55. The maximum Gasteiger partial charge on any atom is 0.107 e. The SMILES string of the molecule is Cc1cnc(-c2ccc(-c3ccccc3)cn2)cn1. The minimum absolute atomic E-state index is 0.796. The monoisotopic (exact) mass is 247 g/mol. The van der Waals surface area contributed by atoms with Crippen LogP contribution in [-0.4, -0.2) is 15.0 Å². The molecule has 1 aromatic carbocycles. The van der Waals surface area contributed by atoms with Crippen molar-refractivity contribution in [3.63, 3.8) is 0 Å². The molecule has 19 heavy (non-hydrogen) atoms. The zero-order valence-electron chi connectivity index (χ0n) is 10.6. The molecule has 0 aliphatic heterocycles. The molecule has 3 nitrogen and oxygen atoms in total. The van der Waals surface area contributed by atoms with Crippen molar-refractivity contribution in [2.75, 3.05) is 0 Å². The van der Waals surface area contributed by atoms with Crippen molar-refractivity contribution in [3.05, 3.63) is 66.7 Å². The summed E-state index contributed by atoms with van der Waals surface area (Å²) in [6, 6.07) is 14.2. The standard InChI is InChI=1S/C16H13N3/c1-12-9-18-16(11-17-12)15-8-7-14(10-19-15)13-5-3-2-4-6-13/h2-11H,1H3. The van der Waals surface area contributed by atoms with Crippen molar-refractivity contribution in [1.82, 2.24) is 15.0 Å². The van der Waals surface area contributed by atoms with Crippen LogP contribution in [0.2, 0.25) is 0 Å². The van der Waals surface area contributed by atoms with E-state index in [2.05, 4.69) is 33.2 Å². The van der Waals surface area contributed by atoms with Crippen LogP contribution in [0.4, 0.5) is 0 Å². The fourth-order valence-corrected chi connectivity index (χ4v) is 1.87. The van der Waals surface area contributed by atoms with Gasteiger partial charge < -0.3 is 0 Å². The van der Waals surface area contributed by atoms with Gasteiger partial charge in [0.05, 0.1) is 17.6 Å². The van der Waals surface area contributed by atoms with Crippen LogP contribution in [0.5, 0.6) is 0 Å². The maximum absolute atomic E-state index is 4.45. The average Bonchev–Trinajstić information content (AvgIpc) is 2.49. The summed E-state index contributed by atoms with van der Waals surface area (Å²) in [5, 5.41) is 0. The summed E-state index contributed by atoms with van der Waals surface area (Å²) in [7, 11) is 0. The molecule has 3 aromatic rings. The van der Waals surface area contributed by atoms with Gasteiger partial charge in [-0.2, -0.15) is 0 Å². The Bertz CT molecular complexity index is 659. The van der Waals surface area contributed by atoms with Gasteiger partial charge in [0, 0.05) is 18.0 Å². The number of benzene rings is 1. The van der Waals surface area contributed by atoms with Gasteiger partial charge in [-0.25, -0.2) is 0 Å². The Morgan fingerprint density at radius 1 is 0.632 bits per heavy atom. The molecule has 0 aliphatic carbocycles. The maximum atomic E-state index is 4.45. The predicted octanol–water partition coefficient (Wildman–Crippen LogP) is 3.51. The summed E-state index contributed by atoms with van der Waals surface area (Å²) in [5.74, 6) is 0. The zero-order chi connectivity index (χ0) is 13.1. The highest BCUT2D eigenvalue weighted by atomic mass is 14.8. The Labute approximate surface area is 112 Å². The van der Waals surface area contributed by atoms with E-state index >= 15 is 0 Å². The number of aryl methyl sites for hydroxylation is 1. The summed E-state index contributed by atoms with van der Waals surface area (Å²) >= 11 is 0. The Balaban J connectivity index is 1.93. The van der Waals surface area contributed by atoms with Crippen LogP contribution in [0.25, 0.3) is 22.5 Å². The van der Waals surface area contributed by atoms with Gasteiger partial charge in [-0.15, -0.1) is 0 Å². The van der Waals surface area contributed by atoms with Crippen LogP contribution >= 0.6 is 0 Å². The normalized spacial score (nSPS) is 10.4. The van der Waals surface area contributed by atoms with E-state index in [1.165, 1.54) is 0 Å². The first-order valence-electron chi connectivity index (χ1n) is 6.13. The molecule has 2 aromatic heterocycles. The van der Waals surface area contributed by atoms with E-state index in [0.29, 0.717) is 0 Å². The van der Waals surface area contributed by atoms with Gasteiger partial charge in [-0.3, -0.25) is 15.0 Å². The molecule has 0 atom stereocenters. The Morgan fingerprint density at radius 2 is 1.42 bits per heavy atom. The predicted molar refractivity (Wildman–Crippen MR) is 75.4 cm³/mol. The van der Waals surface area contributed by atoms with Gasteiger partial charge in [-0.1, -0.05) is 36.4 Å². The molecule has 0 unspecified atom stereocenters. The minimum Gasteiger partial charge on any atom is -0.258 e. The molecule has 2 heterocycles. The van der Waals surface area contributed by atoms with E-state index in [-0.39, 0.29) is 0 Å². The smallest absolute Gasteiger partial charge is 0.107 e. The third-order valence-corrected chi connectivity index (χ3v) is 2.91. The molecule has 0 saturated heterocycles. The highest BCUT2D eigenvalue weighted by Gasteiger charge is 2.02. The zero-order valence-corrected chi connectivity index (χ0v) is 10.6. The van der Waals surface area contributed by atoms with E-state index in [0.717, 1.165) is 28.2 Å². The van der Waals surface area contributed by atoms with Crippen LogP contribution in [0.3, 0.4) is 0 Å². The lowest BCUT2D eigenvalue weighted by molar-refractivity contribution is 1.11. The van der Waals surface area contributed by atoms with E-state index in [1.807, 2.05) is 37.4 Å². The molecule has 0 aliphatic rings. The molecular formula is C16H13N3. The molecule has 3 rings (SSSR count). The number of hydrogen-bond acceptors (Lipinski definition) is 3. The van der Waals surface area contributed by atoms with Crippen LogP contribution in [0.15, 0.2) is 61.1 Å². The molecule has 0 bridgehead atoms. The lowest BCUT2D eigenvalue weighted by atomic mass is 10.1. The second-order valence-electron chi connectivity index (χ2n) is 4.34. The third kappa shape index (κ3) is 2.50. The van der Waals surface area contributed by atoms with E-state index < -0.39 is 0 Å². The summed E-state index contributed by atoms with van der Waals surface area (Å²) in [5.41, 5.74) is 4.81. The third-order valence-electron chi connectivity index (χ3n) is 2.91. The average molecular weight is 247 g/mol. The highest BCUT2D eigenvalue weighted by molar-refractivity contribution is 5.65. The number of aromatic nitrogens is 3. The van der Waals surface area contributed by atoms with Crippen molar-refractivity contribution < 1.29 is 0 Å². The van der Waals surface area contributed by atoms with E-state index in [9.17, 15) is 0 Å². The largest absolute Gasteiger partial charge is 0.258 e. The number of pyridine rings is 1. The molecule has 3 heteroatoms. The lowest BCUT2D eigenvalue weighted by Crippen LogP contribution is -1.90. The molecule has 92 valence electrons. The second-order valence-corrected chi connectivity index (χ2v) is 4.34. The summed E-state index contributed by atoms with van der Waals surface area (Å²) < 4.78 is 0. The van der Waals surface area contributed by atoms with Gasteiger partial charge in [0.1, 0.15) is 5.69 Å². The van der Waals surface area contributed by atoms with Gasteiger partial charge >= 0.3 is 0 Å². The number of rotatable bonds is 2. The van der Waals surface area contributed by atoms with E-state index in [1.54, 1.807) is 12.4 Å². The van der Waals surface area contributed by atoms with Crippen LogP contribution in [0, 0.1) is 6.92 Å². The Kier molecular flexibility index (Phi) is 3.02. The second kappa shape index (κ2) is 4.98. The van der Waals surface area contributed by atoms with Gasteiger partial charge in [0.15, 0.2) is 0 Å². The Morgan fingerprint density at radius 3 is 2.05 bits per heavy atom.